The van der Waals surface area contributed by atoms with Crippen LogP contribution >= 0.6 is 0 Å². The van der Waals surface area contributed by atoms with Crippen molar-refractivity contribution in [3.63, 3.8) is 0 Å². The van der Waals surface area contributed by atoms with Gasteiger partial charge >= 0.3 is 0 Å². The maximum atomic E-state index is 9.18. The summed E-state index contributed by atoms with van der Waals surface area (Å²) >= 11 is 0. The smallest absolute Gasteiger partial charge is 0.0681 e. The summed E-state index contributed by atoms with van der Waals surface area (Å²) in [6.07, 6.45) is 1.05. The van der Waals surface area contributed by atoms with Crippen molar-refractivity contribution in [3.8, 4) is 0 Å². The summed E-state index contributed by atoms with van der Waals surface area (Å²) in [4.78, 5) is 0. The van der Waals surface area contributed by atoms with Crippen molar-refractivity contribution >= 4 is 5.69 Å². The van der Waals surface area contributed by atoms with Gasteiger partial charge in [0.05, 0.1) is 6.61 Å². The van der Waals surface area contributed by atoms with Crippen molar-refractivity contribution in [1.82, 2.24) is 0 Å². The van der Waals surface area contributed by atoms with E-state index in [4.69, 9.17) is 0 Å². The third-order valence-electron chi connectivity index (χ3n) is 3.35. The fraction of sp³-hybridized carbons (Fsp3) is 0.294. The van der Waals surface area contributed by atoms with E-state index < -0.39 is 0 Å². The van der Waals surface area contributed by atoms with Crippen molar-refractivity contribution in [2.45, 2.75) is 32.9 Å². The minimum Gasteiger partial charge on any atom is -0.392 e. The van der Waals surface area contributed by atoms with Gasteiger partial charge in [0.1, 0.15) is 0 Å². The molecule has 0 radical (unpaired) electrons. The molecule has 1 atom stereocenters. The maximum absolute atomic E-state index is 9.18. The predicted molar refractivity (Wildman–Crippen MR) is 80.2 cm³/mol. The van der Waals surface area contributed by atoms with Crippen LogP contribution in [0.5, 0.6) is 0 Å². The third kappa shape index (κ3) is 3.58. The Bertz CT molecular complexity index is 536. The highest BCUT2D eigenvalue weighted by Gasteiger charge is 2.06. The molecule has 0 amide bonds. The molecule has 2 aromatic rings. The van der Waals surface area contributed by atoms with E-state index in [1.54, 1.807) is 0 Å². The minimum atomic E-state index is 0.0892. The van der Waals surface area contributed by atoms with Gasteiger partial charge in [-0.3, -0.25) is 0 Å². The zero-order valence-electron chi connectivity index (χ0n) is 11.6. The molecule has 0 saturated heterocycles. The van der Waals surface area contributed by atoms with E-state index in [-0.39, 0.29) is 12.6 Å². The van der Waals surface area contributed by atoms with E-state index in [1.165, 1.54) is 11.1 Å². The Labute approximate surface area is 115 Å². The largest absolute Gasteiger partial charge is 0.392 e. The fourth-order valence-corrected chi connectivity index (χ4v) is 2.18. The molecule has 100 valence electrons. The van der Waals surface area contributed by atoms with E-state index in [9.17, 15) is 5.11 Å². The highest BCUT2D eigenvalue weighted by atomic mass is 16.3. The van der Waals surface area contributed by atoms with Crippen LogP contribution < -0.4 is 5.32 Å². The van der Waals surface area contributed by atoms with Gasteiger partial charge < -0.3 is 10.4 Å². The molecule has 0 bridgehead atoms. The monoisotopic (exact) mass is 255 g/mol. The lowest BCUT2D eigenvalue weighted by molar-refractivity contribution is 0.281. The molecule has 0 aliphatic rings. The second kappa shape index (κ2) is 6.39. The zero-order valence-corrected chi connectivity index (χ0v) is 11.6. The van der Waals surface area contributed by atoms with Gasteiger partial charge in [-0.25, -0.2) is 0 Å². The Morgan fingerprint density at radius 3 is 2.53 bits per heavy atom. The Morgan fingerprint density at radius 1 is 1.05 bits per heavy atom. The summed E-state index contributed by atoms with van der Waals surface area (Å²) in [5.74, 6) is 0. The maximum Gasteiger partial charge on any atom is 0.0681 e. The molecular formula is C17H21NO. The number of hydrogen-bond donors (Lipinski definition) is 2. The number of aliphatic hydroxyl groups is 1. The van der Waals surface area contributed by atoms with Gasteiger partial charge in [0.25, 0.3) is 0 Å². The molecule has 0 fully saturated rings. The molecule has 2 nitrogen and oxygen atoms in total. The number of nitrogens with one attached hydrogen (secondary N) is 1. The van der Waals surface area contributed by atoms with Gasteiger partial charge in [0.15, 0.2) is 0 Å². The average molecular weight is 255 g/mol. The van der Waals surface area contributed by atoms with Crippen LogP contribution in [0.2, 0.25) is 0 Å². The van der Waals surface area contributed by atoms with E-state index in [1.807, 2.05) is 18.2 Å². The SMILES string of the molecule is CCc1cccc(NC(C)c2cccc(CO)c2)c1. The molecule has 0 aliphatic heterocycles. The van der Waals surface area contributed by atoms with Crippen LogP contribution in [0, 0.1) is 0 Å². The van der Waals surface area contributed by atoms with Crippen molar-refractivity contribution in [3.05, 3.63) is 65.2 Å². The number of hydrogen-bond acceptors (Lipinski definition) is 2. The lowest BCUT2D eigenvalue weighted by Gasteiger charge is -2.17. The number of anilines is 1. The fourth-order valence-electron chi connectivity index (χ4n) is 2.18. The number of aryl methyl sites for hydroxylation is 1. The minimum absolute atomic E-state index is 0.0892. The third-order valence-corrected chi connectivity index (χ3v) is 3.35. The number of benzene rings is 2. The number of rotatable bonds is 5. The normalized spacial score (nSPS) is 12.2. The molecule has 0 aromatic heterocycles. The summed E-state index contributed by atoms with van der Waals surface area (Å²) in [7, 11) is 0. The first-order valence-corrected chi connectivity index (χ1v) is 6.78. The van der Waals surface area contributed by atoms with Gasteiger partial charge in [-0.15, -0.1) is 0 Å². The molecule has 0 aliphatic carbocycles. The van der Waals surface area contributed by atoms with E-state index in [0.29, 0.717) is 0 Å². The quantitative estimate of drug-likeness (QED) is 0.849. The van der Waals surface area contributed by atoms with Crippen LogP contribution in [0.25, 0.3) is 0 Å². The molecule has 2 heteroatoms. The second-order valence-corrected chi connectivity index (χ2v) is 4.82. The highest BCUT2D eigenvalue weighted by Crippen LogP contribution is 2.21. The van der Waals surface area contributed by atoms with Crippen LogP contribution in [0.15, 0.2) is 48.5 Å². The van der Waals surface area contributed by atoms with Crippen molar-refractivity contribution in [1.29, 1.82) is 0 Å². The highest BCUT2D eigenvalue weighted by molar-refractivity contribution is 5.47. The summed E-state index contributed by atoms with van der Waals surface area (Å²) in [5, 5.41) is 12.7. The van der Waals surface area contributed by atoms with E-state index in [0.717, 1.165) is 17.7 Å². The van der Waals surface area contributed by atoms with Gasteiger partial charge in [0.2, 0.25) is 0 Å². The van der Waals surface area contributed by atoms with E-state index >= 15 is 0 Å². The molecule has 0 heterocycles. The van der Waals surface area contributed by atoms with Gasteiger partial charge in [-0.1, -0.05) is 43.3 Å². The van der Waals surface area contributed by atoms with E-state index in [2.05, 4.69) is 49.5 Å². The van der Waals surface area contributed by atoms with Crippen LogP contribution in [0.4, 0.5) is 5.69 Å². The van der Waals surface area contributed by atoms with Crippen LogP contribution in [-0.2, 0) is 13.0 Å². The standard InChI is InChI=1S/C17H21NO/c1-3-14-6-5-9-17(11-14)18-13(2)16-8-4-7-15(10-16)12-19/h4-11,13,18-19H,3,12H2,1-2H3. The lowest BCUT2D eigenvalue weighted by atomic mass is 10.0. The Hall–Kier alpha value is -1.80. The first-order chi connectivity index (χ1) is 9.22. The van der Waals surface area contributed by atoms with Crippen LogP contribution in [-0.4, -0.2) is 5.11 Å². The molecule has 0 spiro atoms. The van der Waals surface area contributed by atoms with Crippen molar-refractivity contribution in [2.24, 2.45) is 0 Å². The summed E-state index contributed by atoms with van der Waals surface area (Å²) in [6, 6.07) is 16.8. The van der Waals surface area contributed by atoms with Crippen molar-refractivity contribution < 1.29 is 5.11 Å². The lowest BCUT2D eigenvalue weighted by Crippen LogP contribution is -2.07. The first kappa shape index (κ1) is 13.6. The molecular weight excluding hydrogens is 234 g/mol. The molecule has 1 unspecified atom stereocenters. The van der Waals surface area contributed by atoms with Crippen molar-refractivity contribution in [2.75, 3.05) is 5.32 Å². The summed E-state index contributed by atoms with van der Waals surface area (Å²) in [5.41, 5.74) is 4.62. The van der Waals surface area contributed by atoms with Crippen LogP contribution in [0.3, 0.4) is 0 Å². The molecule has 2 N–H and O–H groups in total. The average Bonchev–Trinajstić information content (AvgIpc) is 2.47. The first-order valence-electron chi connectivity index (χ1n) is 6.78. The Balaban J connectivity index is 2.13. The molecule has 2 aromatic carbocycles. The Morgan fingerprint density at radius 2 is 1.79 bits per heavy atom. The second-order valence-electron chi connectivity index (χ2n) is 4.82. The van der Waals surface area contributed by atoms with Gasteiger partial charge in [0, 0.05) is 11.7 Å². The zero-order chi connectivity index (χ0) is 13.7. The predicted octanol–water partition coefficient (Wildman–Crippen LogP) is 3.91. The number of aliphatic hydroxyl groups excluding tert-OH is 1. The van der Waals surface area contributed by atoms with Gasteiger partial charge in [-0.2, -0.15) is 0 Å². The molecule has 2 rings (SSSR count). The molecule has 0 saturated carbocycles. The van der Waals surface area contributed by atoms with Gasteiger partial charge in [-0.05, 0) is 42.2 Å². The Kier molecular flexibility index (Phi) is 4.58. The van der Waals surface area contributed by atoms with Crippen LogP contribution in [0.1, 0.15) is 36.6 Å². The topological polar surface area (TPSA) is 32.3 Å². The summed E-state index contributed by atoms with van der Waals surface area (Å²) in [6.45, 7) is 4.38. The summed E-state index contributed by atoms with van der Waals surface area (Å²) < 4.78 is 0. The molecule has 19 heavy (non-hydrogen) atoms.